The molecular formula is C14H12ClN5OS5. The summed E-state index contributed by atoms with van der Waals surface area (Å²) in [6, 6.07) is 7.82. The number of rotatable bonds is 2. The SMILES string of the molecule is O=C(NN1SNSNSNC2C=CC=C2S1)c1sc2ccccc2c1Cl. The first-order valence-electron chi connectivity index (χ1n) is 7.31. The molecule has 4 rings (SSSR count). The van der Waals surface area contributed by atoms with Crippen LogP contribution in [0.3, 0.4) is 0 Å². The third-order valence-electron chi connectivity index (χ3n) is 3.42. The molecule has 1 atom stereocenters. The number of amides is 1. The number of hydrogen-bond donors (Lipinski definition) is 4. The maximum atomic E-state index is 12.8. The maximum absolute atomic E-state index is 12.8. The number of hydrazine groups is 1. The maximum Gasteiger partial charge on any atom is 0.278 e. The summed E-state index contributed by atoms with van der Waals surface area (Å²) in [5, 5.41) is 1.38. The Morgan fingerprint density at radius 1 is 1.23 bits per heavy atom. The van der Waals surface area contributed by atoms with E-state index in [-0.39, 0.29) is 11.9 Å². The summed E-state index contributed by atoms with van der Waals surface area (Å²) in [4.78, 5) is 14.4. The highest BCUT2D eigenvalue weighted by Crippen LogP contribution is 2.36. The lowest BCUT2D eigenvalue weighted by Crippen LogP contribution is -2.36. The van der Waals surface area contributed by atoms with Gasteiger partial charge in [-0.1, -0.05) is 45.8 Å². The molecule has 1 aromatic heterocycles. The fourth-order valence-corrected chi connectivity index (χ4v) is 6.83. The molecule has 0 spiro atoms. The zero-order valence-corrected chi connectivity index (χ0v) is 17.7. The van der Waals surface area contributed by atoms with Gasteiger partial charge in [0.15, 0.2) is 0 Å². The molecule has 1 fully saturated rings. The van der Waals surface area contributed by atoms with E-state index in [1.54, 1.807) is 3.82 Å². The number of carbonyl (C=O) groups excluding carboxylic acids is 1. The highest BCUT2D eigenvalue weighted by molar-refractivity contribution is 8.21. The molecule has 1 amide bonds. The summed E-state index contributed by atoms with van der Waals surface area (Å²) in [6.45, 7) is 0. The van der Waals surface area contributed by atoms with Gasteiger partial charge in [0.2, 0.25) is 0 Å². The van der Waals surface area contributed by atoms with E-state index in [0.29, 0.717) is 9.90 Å². The molecule has 0 bridgehead atoms. The van der Waals surface area contributed by atoms with Crippen molar-refractivity contribution in [2.45, 2.75) is 6.04 Å². The molecule has 0 radical (unpaired) electrons. The van der Waals surface area contributed by atoms with E-state index in [2.05, 4.69) is 24.5 Å². The lowest BCUT2D eigenvalue weighted by atomic mass is 10.2. The van der Waals surface area contributed by atoms with E-state index in [4.69, 9.17) is 11.6 Å². The number of thiophene rings is 1. The van der Waals surface area contributed by atoms with E-state index >= 15 is 0 Å². The Morgan fingerprint density at radius 3 is 3.00 bits per heavy atom. The second-order valence-corrected chi connectivity index (χ2v) is 10.2. The van der Waals surface area contributed by atoms with Gasteiger partial charge in [-0.15, -0.1) is 11.3 Å². The number of nitrogens with zero attached hydrogens (tertiary/aromatic N) is 1. The van der Waals surface area contributed by atoms with Crippen LogP contribution in [0, 0.1) is 0 Å². The van der Waals surface area contributed by atoms with Crippen LogP contribution < -0.4 is 18.4 Å². The summed E-state index contributed by atoms with van der Waals surface area (Å²) < 4.78 is 12.1. The van der Waals surface area contributed by atoms with Gasteiger partial charge in [-0.25, -0.2) is 4.72 Å². The minimum atomic E-state index is -0.238. The number of nitrogens with one attached hydrogen (secondary N) is 4. The standard InChI is InChI=1S/C14H12ClN5OS5/c15-12-8-4-1-2-6-10(8)22-13(12)14(21)16-20-23-11-7-3-5-9(11)17-24-18-25-19-26-20/h1-7,9,17-19H,(H,16,21). The third kappa shape index (κ3) is 4.22. The number of halogens is 1. The molecular weight excluding hydrogens is 450 g/mol. The second kappa shape index (κ2) is 8.78. The zero-order valence-electron chi connectivity index (χ0n) is 12.9. The molecule has 2 aromatic rings. The van der Waals surface area contributed by atoms with E-state index in [0.717, 1.165) is 15.0 Å². The number of carbonyl (C=O) groups is 1. The highest BCUT2D eigenvalue weighted by atomic mass is 35.5. The summed E-state index contributed by atoms with van der Waals surface area (Å²) in [6.07, 6.45) is 6.07. The van der Waals surface area contributed by atoms with Gasteiger partial charge in [0, 0.05) is 39.3 Å². The van der Waals surface area contributed by atoms with Gasteiger partial charge in [-0.3, -0.25) is 10.2 Å². The highest BCUT2D eigenvalue weighted by Gasteiger charge is 2.24. The molecule has 6 nitrogen and oxygen atoms in total. The van der Waals surface area contributed by atoms with E-state index < -0.39 is 0 Å². The average Bonchev–Trinajstić information content (AvgIpc) is 3.23. The van der Waals surface area contributed by atoms with Crippen LogP contribution in [0.15, 0.2) is 47.4 Å². The quantitative estimate of drug-likeness (QED) is 0.486. The molecule has 2 aliphatic rings. The van der Waals surface area contributed by atoms with Gasteiger partial charge in [-0.2, -0.15) is 8.25 Å². The van der Waals surface area contributed by atoms with Crippen molar-refractivity contribution in [1.29, 1.82) is 0 Å². The smallest absolute Gasteiger partial charge is 0.267 e. The molecule has 2 heterocycles. The third-order valence-corrected chi connectivity index (χ3v) is 8.33. The van der Waals surface area contributed by atoms with Crippen LogP contribution in [0.5, 0.6) is 0 Å². The minimum Gasteiger partial charge on any atom is -0.267 e. The van der Waals surface area contributed by atoms with Gasteiger partial charge in [0.25, 0.3) is 5.91 Å². The molecule has 0 saturated carbocycles. The summed E-state index contributed by atoms with van der Waals surface area (Å²) in [5.74, 6) is -0.238. The van der Waals surface area contributed by atoms with Gasteiger partial charge in [-0.05, 0) is 24.1 Å². The lowest BCUT2D eigenvalue weighted by Gasteiger charge is -2.24. The van der Waals surface area contributed by atoms with Crippen molar-refractivity contribution < 1.29 is 4.79 Å². The molecule has 136 valence electrons. The van der Waals surface area contributed by atoms with Crippen LogP contribution in [0.4, 0.5) is 0 Å². The van der Waals surface area contributed by atoms with Crippen molar-refractivity contribution in [3.8, 4) is 0 Å². The molecule has 1 unspecified atom stereocenters. The summed E-state index contributed by atoms with van der Waals surface area (Å²) in [7, 11) is 0. The van der Waals surface area contributed by atoms with Crippen LogP contribution >= 0.6 is 71.3 Å². The fraction of sp³-hybridized carbons (Fsp3) is 0.0714. The lowest BCUT2D eigenvalue weighted by molar-refractivity contribution is 0.0927. The van der Waals surface area contributed by atoms with Crippen LogP contribution in [0.1, 0.15) is 9.67 Å². The Morgan fingerprint density at radius 2 is 2.12 bits per heavy atom. The average molecular weight is 462 g/mol. The van der Waals surface area contributed by atoms with Gasteiger partial charge < -0.3 is 0 Å². The first kappa shape index (κ1) is 19.0. The topological polar surface area (TPSA) is 68.4 Å². The number of hydrogen-bond acceptors (Lipinski definition) is 10. The molecule has 1 aliphatic carbocycles. The molecule has 1 aromatic carbocycles. The Labute approximate surface area is 176 Å². The van der Waals surface area contributed by atoms with Gasteiger partial charge in [0.05, 0.1) is 23.2 Å². The Bertz CT molecular complexity index is 888. The monoisotopic (exact) mass is 461 g/mol. The van der Waals surface area contributed by atoms with Crippen molar-refractivity contribution in [3.63, 3.8) is 0 Å². The van der Waals surface area contributed by atoms with E-state index in [1.165, 1.54) is 59.7 Å². The first-order valence-corrected chi connectivity index (χ1v) is 11.7. The molecule has 1 aliphatic heterocycles. The van der Waals surface area contributed by atoms with Crippen LogP contribution in [-0.4, -0.2) is 15.8 Å². The molecule has 26 heavy (non-hydrogen) atoms. The molecule has 1 saturated heterocycles. The number of fused-ring (bicyclic) bond motifs is 2. The van der Waals surface area contributed by atoms with Crippen LogP contribution in [0.2, 0.25) is 5.02 Å². The zero-order chi connectivity index (χ0) is 17.9. The largest absolute Gasteiger partial charge is 0.278 e. The number of allylic oxidation sites excluding steroid dienone is 2. The summed E-state index contributed by atoms with van der Waals surface area (Å²) in [5.41, 5.74) is 2.91. The molecule has 12 heteroatoms. The summed E-state index contributed by atoms with van der Waals surface area (Å²) >= 11 is 13.2. The predicted octanol–water partition coefficient (Wildman–Crippen LogP) is 4.44. The Hall–Kier alpha value is -0.340. The second-order valence-electron chi connectivity index (χ2n) is 5.04. The predicted molar refractivity (Wildman–Crippen MR) is 117 cm³/mol. The van der Waals surface area contributed by atoms with Crippen LogP contribution in [0.25, 0.3) is 10.1 Å². The minimum absolute atomic E-state index is 0.0871. The van der Waals surface area contributed by atoms with E-state index in [9.17, 15) is 4.79 Å². The fourth-order valence-electron chi connectivity index (χ4n) is 2.28. The normalized spacial score (nSPS) is 21.4. The van der Waals surface area contributed by atoms with Crippen molar-refractivity contribution in [2.24, 2.45) is 0 Å². The van der Waals surface area contributed by atoms with E-state index in [1.807, 2.05) is 36.4 Å². The number of benzene rings is 1. The Balaban J connectivity index is 1.51. The van der Waals surface area contributed by atoms with Crippen molar-refractivity contribution >= 4 is 87.3 Å². The molecule has 4 N–H and O–H groups in total. The van der Waals surface area contributed by atoms with Crippen LogP contribution in [-0.2, 0) is 0 Å². The van der Waals surface area contributed by atoms with Crippen molar-refractivity contribution in [1.82, 2.24) is 22.2 Å². The van der Waals surface area contributed by atoms with Gasteiger partial charge >= 0.3 is 0 Å². The van der Waals surface area contributed by atoms with Gasteiger partial charge in [0.1, 0.15) is 4.88 Å². The Kier molecular flexibility index (Phi) is 6.41. The van der Waals surface area contributed by atoms with Crippen molar-refractivity contribution in [3.05, 3.63) is 57.3 Å². The van der Waals surface area contributed by atoms with Crippen molar-refractivity contribution in [2.75, 3.05) is 0 Å². The first-order chi connectivity index (χ1) is 12.7.